The first kappa shape index (κ1) is 12.2. The number of fused-ring (bicyclic) bond motifs is 1. The molecule has 0 fully saturated rings. The van der Waals surface area contributed by atoms with Gasteiger partial charge in [0.2, 0.25) is 0 Å². The summed E-state index contributed by atoms with van der Waals surface area (Å²) < 4.78 is 1.73. The summed E-state index contributed by atoms with van der Waals surface area (Å²) in [6.45, 7) is 4.38. The van der Waals surface area contributed by atoms with Crippen molar-refractivity contribution in [1.29, 1.82) is 0 Å². The lowest BCUT2D eigenvalue weighted by Crippen LogP contribution is -2.03. The van der Waals surface area contributed by atoms with E-state index in [4.69, 9.17) is 5.73 Å². The molecule has 2 heterocycles. The Kier molecular flexibility index (Phi) is 3.51. The van der Waals surface area contributed by atoms with Crippen molar-refractivity contribution in [3.05, 3.63) is 12.0 Å². The molecule has 0 radical (unpaired) electrons. The van der Waals surface area contributed by atoms with E-state index in [1.165, 1.54) is 0 Å². The van der Waals surface area contributed by atoms with Crippen LogP contribution in [0.2, 0.25) is 0 Å². The predicted octanol–water partition coefficient (Wildman–Crippen LogP) is 1.98. The van der Waals surface area contributed by atoms with Crippen LogP contribution in [0.3, 0.4) is 0 Å². The summed E-state index contributed by atoms with van der Waals surface area (Å²) in [7, 11) is 1.86. The van der Waals surface area contributed by atoms with Crippen LogP contribution >= 0.6 is 11.8 Å². The Morgan fingerprint density at radius 3 is 2.94 bits per heavy atom. The lowest BCUT2D eigenvalue weighted by atomic mass is 10.4. The zero-order chi connectivity index (χ0) is 12.4. The number of rotatable bonds is 4. The Balaban J connectivity index is 2.26. The van der Waals surface area contributed by atoms with Crippen molar-refractivity contribution in [2.24, 2.45) is 7.05 Å². The molecule has 1 unspecified atom stereocenters. The van der Waals surface area contributed by atoms with Gasteiger partial charge in [0, 0.05) is 12.3 Å². The van der Waals surface area contributed by atoms with Crippen LogP contribution in [0.1, 0.15) is 26.1 Å². The molecule has 0 amide bonds. The molecule has 0 aliphatic heterocycles. The standard InChI is InChI=1S/C11H17N5S/c1-4-7(2)17-6-9-14-10(12)8-5-13-16(3)11(8)15-9/h5,7H,4,6H2,1-3H3,(H2,12,14,15). The number of nitrogens with zero attached hydrogens (tertiary/aromatic N) is 4. The number of hydrogen-bond donors (Lipinski definition) is 1. The van der Waals surface area contributed by atoms with Gasteiger partial charge < -0.3 is 5.73 Å². The van der Waals surface area contributed by atoms with E-state index in [0.717, 1.165) is 29.0 Å². The third-order valence-electron chi connectivity index (χ3n) is 2.74. The summed E-state index contributed by atoms with van der Waals surface area (Å²) in [4.78, 5) is 8.80. The molecule has 92 valence electrons. The molecule has 0 bridgehead atoms. The third kappa shape index (κ3) is 2.52. The highest BCUT2D eigenvalue weighted by molar-refractivity contribution is 7.99. The zero-order valence-electron chi connectivity index (χ0n) is 10.3. The number of hydrogen-bond acceptors (Lipinski definition) is 5. The number of aromatic nitrogens is 4. The summed E-state index contributed by atoms with van der Waals surface area (Å²) in [5, 5.41) is 5.57. The molecule has 5 nitrogen and oxygen atoms in total. The summed E-state index contributed by atoms with van der Waals surface area (Å²) in [5.74, 6) is 2.09. The van der Waals surface area contributed by atoms with Crippen molar-refractivity contribution >= 4 is 28.6 Å². The van der Waals surface area contributed by atoms with Crippen molar-refractivity contribution in [2.75, 3.05) is 5.73 Å². The maximum Gasteiger partial charge on any atom is 0.163 e. The van der Waals surface area contributed by atoms with Crippen molar-refractivity contribution in [3.8, 4) is 0 Å². The lowest BCUT2D eigenvalue weighted by Gasteiger charge is -2.07. The topological polar surface area (TPSA) is 69.6 Å². The molecule has 2 N–H and O–H groups in total. The second-order valence-corrected chi connectivity index (χ2v) is 5.49. The van der Waals surface area contributed by atoms with Gasteiger partial charge in [-0.15, -0.1) is 0 Å². The summed E-state index contributed by atoms with van der Waals surface area (Å²) in [6.07, 6.45) is 2.85. The lowest BCUT2D eigenvalue weighted by molar-refractivity contribution is 0.782. The molecule has 1 atom stereocenters. The largest absolute Gasteiger partial charge is 0.383 e. The van der Waals surface area contributed by atoms with Gasteiger partial charge in [0.05, 0.1) is 17.3 Å². The van der Waals surface area contributed by atoms with Gasteiger partial charge in [0.15, 0.2) is 5.65 Å². The van der Waals surface area contributed by atoms with Crippen molar-refractivity contribution < 1.29 is 0 Å². The van der Waals surface area contributed by atoms with Gasteiger partial charge in [0.25, 0.3) is 0 Å². The molecule has 0 saturated heterocycles. The second kappa shape index (κ2) is 4.91. The van der Waals surface area contributed by atoms with Gasteiger partial charge in [-0.25, -0.2) is 9.97 Å². The fourth-order valence-electron chi connectivity index (χ4n) is 1.49. The zero-order valence-corrected chi connectivity index (χ0v) is 11.2. The molecule has 17 heavy (non-hydrogen) atoms. The molecule has 0 spiro atoms. The van der Waals surface area contributed by atoms with E-state index in [1.807, 2.05) is 18.8 Å². The van der Waals surface area contributed by atoms with Gasteiger partial charge in [-0.05, 0) is 6.42 Å². The highest BCUT2D eigenvalue weighted by Gasteiger charge is 2.10. The minimum absolute atomic E-state index is 0.517. The Morgan fingerprint density at radius 1 is 1.47 bits per heavy atom. The van der Waals surface area contributed by atoms with Crippen LogP contribution in [0.25, 0.3) is 11.0 Å². The van der Waals surface area contributed by atoms with Crippen LogP contribution in [0.15, 0.2) is 6.20 Å². The molecular weight excluding hydrogens is 234 g/mol. The normalized spacial score (nSPS) is 13.1. The summed E-state index contributed by atoms with van der Waals surface area (Å²) >= 11 is 1.84. The number of anilines is 1. The van der Waals surface area contributed by atoms with Gasteiger partial charge in [-0.2, -0.15) is 16.9 Å². The number of thioether (sulfide) groups is 1. The Morgan fingerprint density at radius 2 is 2.24 bits per heavy atom. The first-order valence-electron chi connectivity index (χ1n) is 5.67. The number of nitrogen functional groups attached to an aromatic ring is 1. The molecule has 0 aromatic carbocycles. The van der Waals surface area contributed by atoms with Crippen molar-refractivity contribution in [2.45, 2.75) is 31.3 Å². The maximum absolute atomic E-state index is 5.90. The van der Waals surface area contributed by atoms with Crippen LogP contribution in [-0.2, 0) is 12.8 Å². The summed E-state index contributed by atoms with van der Waals surface area (Å²) in [6, 6.07) is 0. The van der Waals surface area contributed by atoms with Gasteiger partial charge in [-0.3, -0.25) is 4.68 Å². The molecule has 0 aliphatic rings. The molecule has 0 saturated carbocycles. The molecule has 0 aliphatic carbocycles. The molecule has 2 rings (SSSR count). The molecule has 6 heteroatoms. The van der Waals surface area contributed by atoms with Crippen LogP contribution in [0, 0.1) is 0 Å². The quantitative estimate of drug-likeness (QED) is 0.899. The fourth-order valence-corrected chi connectivity index (χ4v) is 2.29. The van der Waals surface area contributed by atoms with Crippen LogP contribution in [-0.4, -0.2) is 25.0 Å². The minimum atomic E-state index is 0.517. The van der Waals surface area contributed by atoms with E-state index < -0.39 is 0 Å². The van der Waals surface area contributed by atoms with E-state index in [9.17, 15) is 0 Å². The van der Waals surface area contributed by atoms with Gasteiger partial charge in [0.1, 0.15) is 11.6 Å². The molecular formula is C11H17N5S. The van der Waals surface area contributed by atoms with E-state index in [-0.39, 0.29) is 0 Å². The second-order valence-electron chi connectivity index (χ2n) is 4.06. The first-order chi connectivity index (χ1) is 8.11. The molecule has 2 aromatic rings. The van der Waals surface area contributed by atoms with Gasteiger partial charge >= 0.3 is 0 Å². The van der Waals surface area contributed by atoms with Gasteiger partial charge in [-0.1, -0.05) is 13.8 Å². The Bertz CT molecular complexity index is 522. The fraction of sp³-hybridized carbons (Fsp3) is 0.545. The Labute approximate surface area is 105 Å². The minimum Gasteiger partial charge on any atom is -0.383 e. The maximum atomic E-state index is 5.90. The van der Waals surface area contributed by atoms with Crippen LogP contribution < -0.4 is 5.73 Å². The monoisotopic (exact) mass is 251 g/mol. The number of aryl methyl sites for hydroxylation is 1. The molecule has 2 aromatic heterocycles. The van der Waals surface area contributed by atoms with E-state index in [2.05, 4.69) is 28.9 Å². The highest BCUT2D eigenvalue weighted by atomic mass is 32.2. The van der Waals surface area contributed by atoms with E-state index in [0.29, 0.717) is 11.1 Å². The predicted molar refractivity (Wildman–Crippen MR) is 71.8 cm³/mol. The summed E-state index contributed by atoms with van der Waals surface area (Å²) in [5.41, 5.74) is 6.70. The SMILES string of the molecule is CCC(C)SCc1nc(N)c2cnn(C)c2n1. The van der Waals surface area contributed by atoms with Crippen molar-refractivity contribution in [3.63, 3.8) is 0 Å². The number of nitrogens with two attached hydrogens (primary N) is 1. The van der Waals surface area contributed by atoms with E-state index >= 15 is 0 Å². The van der Waals surface area contributed by atoms with Crippen LogP contribution in [0.5, 0.6) is 0 Å². The van der Waals surface area contributed by atoms with Crippen LogP contribution in [0.4, 0.5) is 5.82 Å². The highest BCUT2D eigenvalue weighted by Crippen LogP contribution is 2.21. The average Bonchev–Trinajstić information content (AvgIpc) is 2.69. The third-order valence-corrected chi connectivity index (χ3v) is 4.07. The van der Waals surface area contributed by atoms with Crippen molar-refractivity contribution in [1.82, 2.24) is 19.7 Å². The Hall–Kier alpha value is -1.30. The average molecular weight is 251 g/mol. The van der Waals surface area contributed by atoms with E-state index in [1.54, 1.807) is 10.9 Å². The first-order valence-corrected chi connectivity index (χ1v) is 6.72. The smallest absolute Gasteiger partial charge is 0.163 e.